The lowest BCUT2D eigenvalue weighted by Gasteiger charge is -2.52. The van der Waals surface area contributed by atoms with Crippen LogP contribution in [0.25, 0.3) is 11.3 Å². The van der Waals surface area contributed by atoms with Crippen molar-refractivity contribution in [2.45, 2.75) is 19.4 Å². The Balaban J connectivity index is 1.97. The second kappa shape index (κ2) is 4.10. The summed E-state index contributed by atoms with van der Waals surface area (Å²) in [4.78, 5) is 18.9. The second-order valence-electron chi connectivity index (χ2n) is 6.40. The average Bonchev–Trinajstić information content (AvgIpc) is 2.91. The first-order valence-electron chi connectivity index (χ1n) is 7.19. The molecular weight excluding hydrogens is 282 g/mol. The fourth-order valence-electron chi connectivity index (χ4n) is 3.25. The Morgan fingerprint density at radius 2 is 2.18 bits per heavy atom. The Morgan fingerprint density at radius 1 is 1.41 bits per heavy atom. The summed E-state index contributed by atoms with van der Waals surface area (Å²) >= 11 is 0. The van der Waals surface area contributed by atoms with Gasteiger partial charge in [-0.25, -0.2) is 0 Å². The molecule has 1 saturated heterocycles. The lowest BCUT2D eigenvalue weighted by Crippen LogP contribution is -2.58. The van der Waals surface area contributed by atoms with Crippen LogP contribution in [0.1, 0.15) is 29.9 Å². The van der Waals surface area contributed by atoms with Crippen molar-refractivity contribution >= 4 is 5.91 Å². The van der Waals surface area contributed by atoms with Crippen molar-refractivity contribution in [3.8, 4) is 17.0 Å². The molecule has 0 aromatic carbocycles. The van der Waals surface area contributed by atoms with E-state index in [4.69, 9.17) is 15.2 Å². The molecule has 0 bridgehead atoms. The van der Waals surface area contributed by atoms with Gasteiger partial charge in [-0.2, -0.15) is 0 Å². The molecule has 0 radical (unpaired) electrons. The Morgan fingerprint density at radius 3 is 2.82 bits per heavy atom. The minimum absolute atomic E-state index is 0.174. The summed E-state index contributed by atoms with van der Waals surface area (Å²) in [5.41, 5.74) is 7.73. The zero-order valence-corrected chi connectivity index (χ0v) is 12.5. The molecule has 0 aliphatic carbocycles. The molecule has 1 atom stereocenters. The van der Waals surface area contributed by atoms with E-state index < -0.39 is 11.5 Å². The first-order chi connectivity index (χ1) is 10.4. The van der Waals surface area contributed by atoms with Crippen LogP contribution in [0.5, 0.6) is 5.75 Å². The highest BCUT2D eigenvalue weighted by Gasteiger charge is 2.56. The quantitative estimate of drug-likeness (QED) is 0.885. The monoisotopic (exact) mass is 299 g/mol. The summed E-state index contributed by atoms with van der Waals surface area (Å²) in [7, 11) is 0. The molecule has 3 N–H and O–H groups in total. The van der Waals surface area contributed by atoms with Crippen LogP contribution < -0.4 is 10.5 Å². The van der Waals surface area contributed by atoms with Gasteiger partial charge in [-0.3, -0.25) is 9.78 Å². The number of aromatic amines is 1. The predicted molar refractivity (Wildman–Crippen MR) is 79.4 cm³/mol. The first-order valence-corrected chi connectivity index (χ1v) is 7.19. The highest BCUT2D eigenvalue weighted by Crippen LogP contribution is 2.54. The van der Waals surface area contributed by atoms with Crippen LogP contribution in [0, 0.1) is 5.41 Å². The largest absolute Gasteiger partial charge is 0.480 e. The fraction of sp³-hybridized carbons (Fsp3) is 0.375. The predicted octanol–water partition coefficient (Wildman–Crippen LogP) is 1.82. The van der Waals surface area contributed by atoms with Crippen LogP contribution in [-0.4, -0.2) is 29.1 Å². The fourth-order valence-corrected chi connectivity index (χ4v) is 3.25. The number of carbonyl (C=O) groups is 1. The molecule has 6 nitrogen and oxygen atoms in total. The lowest BCUT2D eigenvalue weighted by atomic mass is 9.67. The number of nitrogens with zero attached hydrogens (tertiary/aromatic N) is 1. The Labute approximate surface area is 127 Å². The highest BCUT2D eigenvalue weighted by atomic mass is 16.5. The number of ether oxygens (including phenoxy) is 2. The zero-order chi connectivity index (χ0) is 15.5. The van der Waals surface area contributed by atoms with Crippen molar-refractivity contribution in [1.82, 2.24) is 9.97 Å². The maximum Gasteiger partial charge on any atom is 0.265 e. The lowest BCUT2D eigenvalue weighted by molar-refractivity contribution is -0.200. The minimum Gasteiger partial charge on any atom is -0.480 e. The molecule has 2 aliphatic heterocycles. The number of fused-ring (bicyclic) bond motifs is 3. The minimum atomic E-state index is -0.610. The van der Waals surface area contributed by atoms with Crippen molar-refractivity contribution in [3.05, 3.63) is 35.8 Å². The molecule has 2 aliphatic rings. The molecule has 1 amide bonds. The SMILES string of the molecule is CC1(C2(C)Oc3cnccc3-c3[nH]c(C(N)=O)cc32)COC1. The van der Waals surface area contributed by atoms with Gasteiger partial charge in [0, 0.05) is 17.3 Å². The first kappa shape index (κ1) is 13.3. The van der Waals surface area contributed by atoms with Crippen molar-refractivity contribution in [2.24, 2.45) is 11.1 Å². The number of carbonyl (C=O) groups excluding carboxylic acids is 1. The number of nitrogens with one attached hydrogen (secondary N) is 1. The molecule has 4 heterocycles. The van der Waals surface area contributed by atoms with E-state index in [9.17, 15) is 4.79 Å². The van der Waals surface area contributed by atoms with Gasteiger partial charge in [0.05, 0.1) is 30.5 Å². The second-order valence-corrected chi connectivity index (χ2v) is 6.40. The van der Waals surface area contributed by atoms with E-state index in [0.29, 0.717) is 24.7 Å². The van der Waals surface area contributed by atoms with Gasteiger partial charge in [-0.05, 0) is 19.1 Å². The molecule has 1 unspecified atom stereocenters. The number of hydrogen-bond acceptors (Lipinski definition) is 4. The Bertz CT molecular complexity index is 779. The van der Waals surface area contributed by atoms with Gasteiger partial charge in [-0.1, -0.05) is 6.92 Å². The standard InChI is InChI=1S/C16H17N3O3/c1-15(7-21-8-15)16(2)10-5-11(14(17)20)19-13(10)9-3-4-18-6-12(9)22-16/h3-6,19H,7-8H2,1-2H3,(H2,17,20). The normalized spacial score (nSPS) is 24.6. The summed E-state index contributed by atoms with van der Waals surface area (Å²) in [6.45, 7) is 5.37. The number of hydrogen-bond donors (Lipinski definition) is 2. The van der Waals surface area contributed by atoms with Crippen LogP contribution in [0.4, 0.5) is 0 Å². The van der Waals surface area contributed by atoms with Crippen LogP contribution in [-0.2, 0) is 10.3 Å². The molecule has 0 spiro atoms. The van der Waals surface area contributed by atoms with Gasteiger partial charge >= 0.3 is 0 Å². The third-order valence-electron chi connectivity index (χ3n) is 4.96. The van der Waals surface area contributed by atoms with Gasteiger partial charge in [0.25, 0.3) is 5.91 Å². The van der Waals surface area contributed by atoms with E-state index in [1.807, 2.05) is 13.0 Å². The molecule has 0 saturated carbocycles. The van der Waals surface area contributed by atoms with E-state index >= 15 is 0 Å². The summed E-state index contributed by atoms with van der Waals surface area (Å²) in [6.07, 6.45) is 3.40. The van der Waals surface area contributed by atoms with E-state index in [0.717, 1.165) is 16.8 Å². The summed E-state index contributed by atoms with van der Waals surface area (Å²) in [5.74, 6) is 0.214. The van der Waals surface area contributed by atoms with Crippen molar-refractivity contribution in [1.29, 1.82) is 0 Å². The molecule has 2 aromatic rings. The zero-order valence-electron chi connectivity index (χ0n) is 12.5. The molecule has 2 aromatic heterocycles. The summed E-state index contributed by atoms with van der Waals surface area (Å²) in [5, 5.41) is 0. The third-order valence-corrected chi connectivity index (χ3v) is 4.96. The summed E-state index contributed by atoms with van der Waals surface area (Å²) in [6, 6.07) is 3.67. The van der Waals surface area contributed by atoms with Gasteiger partial charge < -0.3 is 20.2 Å². The maximum atomic E-state index is 11.6. The highest BCUT2D eigenvalue weighted by molar-refractivity contribution is 5.93. The van der Waals surface area contributed by atoms with E-state index in [1.54, 1.807) is 18.5 Å². The Hall–Kier alpha value is -2.34. The number of aromatic nitrogens is 2. The van der Waals surface area contributed by atoms with E-state index in [2.05, 4.69) is 16.9 Å². The van der Waals surface area contributed by atoms with E-state index in [1.165, 1.54) is 0 Å². The van der Waals surface area contributed by atoms with Crippen molar-refractivity contribution in [3.63, 3.8) is 0 Å². The number of nitrogens with two attached hydrogens (primary N) is 1. The number of pyridine rings is 1. The number of amides is 1. The van der Waals surface area contributed by atoms with Gasteiger partial charge in [0.2, 0.25) is 0 Å². The van der Waals surface area contributed by atoms with Crippen molar-refractivity contribution in [2.75, 3.05) is 13.2 Å². The third kappa shape index (κ3) is 1.53. The molecule has 1 fully saturated rings. The van der Waals surface area contributed by atoms with Crippen LogP contribution in [0.15, 0.2) is 24.5 Å². The molecule has 6 heteroatoms. The van der Waals surface area contributed by atoms with Crippen LogP contribution in [0.2, 0.25) is 0 Å². The molecule has 4 rings (SSSR count). The van der Waals surface area contributed by atoms with Crippen molar-refractivity contribution < 1.29 is 14.3 Å². The smallest absolute Gasteiger partial charge is 0.265 e. The molecule has 22 heavy (non-hydrogen) atoms. The number of rotatable bonds is 2. The molecule has 114 valence electrons. The van der Waals surface area contributed by atoms with E-state index in [-0.39, 0.29) is 5.41 Å². The van der Waals surface area contributed by atoms with Gasteiger partial charge in [0.15, 0.2) is 0 Å². The van der Waals surface area contributed by atoms with Gasteiger partial charge in [0.1, 0.15) is 17.0 Å². The molecular formula is C16H17N3O3. The number of primary amides is 1. The number of H-pyrrole nitrogens is 1. The van der Waals surface area contributed by atoms with Crippen LogP contribution >= 0.6 is 0 Å². The summed E-state index contributed by atoms with van der Waals surface area (Å²) < 4.78 is 11.7. The van der Waals surface area contributed by atoms with Crippen LogP contribution in [0.3, 0.4) is 0 Å². The maximum absolute atomic E-state index is 11.6. The van der Waals surface area contributed by atoms with Gasteiger partial charge in [-0.15, -0.1) is 0 Å². The average molecular weight is 299 g/mol. The Kier molecular flexibility index (Phi) is 2.49. The topological polar surface area (TPSA) is 90.2 Å².